The average molecular weight is 349 g/mol. The number of carboxylic acids is 1. The second kappa shape index (κ2) is 8.16. The predicted molar refractivity (Wildman–Crippen MR) is 78.6 cm³/mol. The molecule has 1 aromatic rings. The Labute approximate surface area is 124 Å². The fourth-order valence-corrected chi connectivity index (χ4v) is 2.97. The first-order chi connectivity index (χ1) is 8.99. The molecule has 0 fully saturated rings. The molecule has 0 aliphatic heterocycles. The number of nitrogens with one attached hydrogen (secondary N) is 1. The molecule has 5 nitrogen and oxygen atoms in total. The van der Waals surface area contributed by atoms with Crippen LogP contribution in [-0.2, 0) is 11.2 Å². The number of urea groups is 1. The first-order valence-corrected chi connectivity index (χ1v) is 7.55. The highest BCUT2D eigenvalue weighted by Crippen LogP contribution is 2.21. The number of amides is 2. The van der Waals surface area contributed by atoms with Gasteiger partial charge in [-0.3, -0.25) is 4.79 Å². The summed E-state index contributed by atoms with van der Waals surface area (Å²) in [4.78, 5) is 24.8. The summed E-state index contributed by atoms with van der Waals surface area (Å²) in [6, 6.07) is 3.85. The van der Waals surface area contributed by atoms with E-state index in [0.29, 0.717) is 19.5 Å². The van der Waals surface area contributed by atoms with Crippen molar-refractivity contribution >= 4 is 39.3 Å². The normalized spacial score (nSPS) is 10.2. The van der Waals surface area contributed by atoms with Gasteiger partial charge in [0.15, 0.2) is 0 Å². The van der Waals surface area contributed by atoms with E-state index in [2.05, 4.69) is 21.2 Å². The van der Waals surface area contributed by atoms with Gasteiger partial charge in [-0.15, -0.1) is 11.3 Å². The minimum absolute atomic E-state index is 0.0842. The zero-order chi connectivity index (χ0) is 14.3. The van der Waals surface area contributed by atoms with Gasteiger partial charge in [0, 0.05) is 31.4 Å². The average Bonchev–Trinajstić information content (AvgIpc) is 2.74. The number of carboxylic acid groups (broad SMARTS) is 1. The Balaban J connectivity index is 2.17. The summed E-state index contributed by atoms with van der Waals surface area (Å²) in [6.45, 7) is 1.03. The summed E-state index contributed by atoms with van der Waals surface area (Å²) in [6.07, 6.45) is 1.35. The van der Waals surface area contributed by atoms with Crippen LogP contribution >= 0.6 is 27.3 Å². The van der Waals surface area contributed by atoms with Gasteiger partial charge >= 0.3 is 12.0 Å². The molecular formula is C12H17BrN2O3S. The molecule has 106 valence electrons. The summed E-state index contributed by atoms with van der Waals surface area (Å²) in [5.41, 5.74) is 0. The zero-order valence-electron chi connectivity index (χ0n) is 10.7. The van der Waals surface area contributed by atoms with Crippen molar-refractivity contribution in [2.24, 2.45) is 0 Å². The van der Waals surface area contributed by atoms with Crippen molar-refractivity contribution in [1.29, 1.82) is 0 Å². The Morgan fingerprint density at radius 1 is 1.47 bits per heavy atom. The Morgan fingerprint density at radius 3 is 2.79 bits per heavy atom. The van der Waals surface area contributed by atoms with E-state index in [4.69, 9.17) is 5.11 Å². The molecule has 0 saturated heterocycles. The maximum atomic E-state index is 11.7. The van der Waals surface area contributed by atoms with Gasteiger partial charge in [0.05, 0.1) is 3.79 Å². The standard InChI is InChI=1S/C12H17BrN2O3S/c1-15(8-2-3-11(16)17)12(18)14-7-6-9-4-5-10(13)19-9/h4-5H,2-3,6-8H2,1H3,(H,14,18)(H,16,17). The van der Waals surface area contributed by atoms with E-state index >= 15 is 0 Å². The largest absolute Gasteiger partial charge is 0.481 e. The summed E-state index contributed by atoms with van der Waals surface area (Å²) in [5.74, 6) is -0.836. The molecule has 7 heteroatoms. The van der Waals surface area contributed by atoms with Crippen molar-refractivity contribution in [2.75, 3.05) is 20.1 Å². The third-order valence-corrected chi connectivity index (χ3v) is 4.19. The Morgan fingerprint density at radius 2 is 2.21 bits per heavy atom. The second-order valence-electron chi connectivity index (χ2n) is 4.11. The summed E-state index contributed by atoms with van der Waals surface area (Å²) < 4.78 is 1.08. The molecule has 0 unspecified atom stereocenters. The van der Waals surface area contributed by atoms with Crippen LogP contribution in [0.15, 0.2) is 15.9 Å². The summed E-state index contributed by atoms with van der Waals surface area (Å²) >= 11 is 5.04. The number of nitrogens with zero attached hydrogens (tertiary/aromatic N) is 1. The number of thiophene rings is 1. The van der Waals surface area contributed by atoms with Gasteiger partial charge in [0.25, 0.3) is 0 Å². The van der Waals surface area contributed by atoms with Crippen LogP contribution in [0.4, 0.5) is 4.79 Å². The molecule has 0 atom stereocenters. The molecule has 19 heavy (non-hydrogen) atoms. The lowest BCUT2D eigenvalue weighted by Crippen LogP contribution is -2.38. The Hall–Kier alpha value is -1.08. The van der Waals surface area contributed by atoms with Gasteiger partial charge in [-0.25, -0.2) is 4.79 Å². The lowest BCUT2D eigenvalue weighted by atomic mass is 10.3. The van der Waals surface area contributed by atoms with Crippen molar-refractivity contribution in [3.8, 4) is 0 Å². The monoisotopic (exact) mass is 348 g/mol. The highest BCUT2D eigenvalue weighted by atomic mass is 79.9. The number of rotatable bonds is 7. The van der Waals surface area contributed by atoms with Crippen molar-refractivity contribution < 1.29 is 14.7 Å². The van der Waals surface area contributed by atoms with Gasteiger partial charge in [0.1, 0.15) is 0 Å². The third-order valence-electron chi connectivity index (χ3n) is 2.51. The fraction of sp³-hybridized carbons (Fsp3) is 0.500. The molecule has 0 saturated carbocycles. The lowest BCUT2D eigenvalue weighted by Gasteiger charge is -2.17. The summed E-state index contributed by atoms with van der Waals surface area (Å²) in [7, 11) is 1.67. The Kier molecular flexibility index (Phi) is 6.86. The molecule has 0 radical (unpaired) electrons. The van der Waals surface area contributed by atoms with Crippen LogP contribution in [-0.4, -0.2) is 42.1 Å². The fourth-order valence-electron chi connectivity index (χ4n) is 1.48. The number of halogens is 1. The van der Waals surface area contributed by atoms with Gasteiger partial charge in [-0.2, -0.15) is 0 Å². The van der Waals surface area contributed by atoms with Crippen LogP contribution in [0.5, 0.6) is 0 Å². The van der Waals surface area contributed by atoms with Crippen LogP contribution in [0.3, 0.4) is 0 Å². The lowest BCUT2D eigenvalue weighted by molar-refractivity contribution is -0.137. The minimum Gasteiger partial charge on any atom is -0.481 e. The zero-order valence-corrected chi connectivity index (χ0v) is 13.1. The van der Waals surface area contributed by atoms with E-state index in [-0.39, 0.29) is 12.5 Å². The maximum Gasteiger partial charge on any atom is 0.317 e. The SMILES string of the molecule is CN(CCCC(=O)O)C(=O)NCCc1ccc(Br)s1. The molecule has 0 aromatic carbocycles. The number of hydrogen-bond acceptors (Lipinski definition) is 3. The van der Waals surface area contributed by atoms with E-state index in [9.17, 15) is 9.59 Å². The highest BCUT2D eigenvalue weighted by Gasteiger charge is 2.08. The molecule has 1 aromatic heterocycles. The van der Waals surface area contributed by atoms with Crippen molar-refractivity contribution in [3.63, 3.8) is 0 Å². The predicted octanol–water partition coefficient (Wildman–Crippen LogP) is 2.56. The van der Waals surface area contributed by atoms with Gasteiger partial charge < -0.3 is 15.3 Å². The number of carbonyl (C=O) groups excluding carboxylic acids is 1. The first kappa shape index (κ1) is 16.0. The van der Waals surface area contributed by atoms with Crippen LogP contribution in [0.25, 0.3) is 0 Å². The van der Waals surface area contributed by atoms with Crippen LogP contribution < -0.4 is 5.32 Å². The van der Waals surface area contributed by atoms with E-state index in [1.54, 1.807) is 18.4 Å². The molecule has 1 rings (SSSR count). The summed E-state index contributed by atoms with van der Waals surface area (Å²) in [5, 5.41) is 11.3. The van der Waals surface area contributed by atoms with Crippen molar-refractivity contribution in [3.05, 3.63) is 20.8 Å². The maximum absolute atomic E-state index is 11.7. The molecule has 2 N–H and O–H groups in total. The second-order valence-corrected chi connectivity index (χ2v) is 6.65. The van der Waals surface area contributed by atoms with Crippen LogP contribution in [0.2, 0.25) is 0 Å². The van der Waals surface area contributed by atoms with E-state index < -0.39 is 5.97 Å². The number of carbonyl (C=O) groups is 2. The third kappa shape index (κ3) is 6.58. The highest BCUT2D eigenvalue weighted by molar-refractivity contribution is 9.11. The molecular weight excluding hydrogens is 332 g/mol. The molecule has 1 heterocycles. The molecule has 2 amide bonds. The molecule has 0 bridgehead atoms. The first-order valence-electron chi connectivity index (χ1n) is 5.94. The van der Waals surface area contributed by atoms with Gasteiger partial charge in [0.2, 0.25) is 0 Å². The van der Waals surface area contributed by atoms with Crippen LogP contribution in [0.1, 0.15) is 17.7 Å². The van der Waals surface area contributed by atoms with Gasteiger partial charge in [-0.05, 0) is 40.9 Å². The van der Waals surface area contributed by atoms with E-state index in [0.717, 1.165) is 10.2 Å². The minimum atomic E-state index is -0.836. The number of aliphatic carboxylic acids is 1. The molecule has 0 aliphatic carbocycles. The van der Waals surface area contributed by atoms with Crippen molar-refractivity contribution in [2.45, 2.75) is 19.3 Å². The topological polar surface area (TPSA) is 69.6 Å². The van der Waals surface area contributed by atoms with E-state index in [1.807, 2.05) is 12.1 Å². The smallest absolute Gasteiger partial charge is 0.317 e. The molecule has 0 aliphatic rings. The Bertz CT molecular complexity index is 436. The van der Waals surface area contributed by atoms with Crippen molar-refractivity contribution in [1.82, 2.24) is 10.2 Å². The van der Waals surface area contributed by atoms with E-state index in [1.165, 1.54) is 9.78 Å². The number of hydrogen-bond donors (Lipinski definition) is 2. The molecule has 0 spiro atoms. The van der Waals surface area contributed by atoms with Crippen LogP contribution in [0, 0.1) is 0 Å². The quantitative estimate of drug-likeness (QED) is 0.795. The van der Waals surface area contributed by atoms with Gasteiger partial charge in [-0.1, -0.05) is 0 Å².